The van der Waals surface area contributed by atoms with Crippen LogP contribution in [0.4, 0.5) is 0 Å². The molecule has 2 N–H and O–H groups in total. The van der Waals surface area contributed by atoms with Gasteiger partial charge < -0.3 is 10.6 Å². The first-order valence-corrected chi connectivity index (χ1v) is 7.50. The van der Waals surface area contributed by atoms with Crippen molar-refractivity contribution >= 4 is 17.7 Å². The molecular formula is C12H22N2OS. The molecule has 1 heterocycles. The average Bonchev–Trinajstić information content (AvgIpc) is 2.89. The van der Waals surface area contributed by atoms with Gasteiger partial charge in [-0.15, -0.1) is 0 Å². The van der Waals surface area contributed by atoms with E-state index in [0.717, 1.165) is 37.5 Å². The van der Waals surface area contributed by atoms with Crippen molar-refractivity contribution in [2.24, 2.45) is 0 Å². The molecule has 2 unspecified atom stereocenters. The van der Waals surface area contributed by atoms with Gasteiger partial charge in [-0.05, 0) is 44.4 Å². The molecule has 0 aromatic heterocycles. The fourth-order valence-corrected chi connectivity index (χ4v) is 3.81. The van der Waals surface area contributed by atoms with E-state index in [-0.39, 0.29) is 11.9 Å². The largest absolute Gasteiger partial charge is 0.352 e. The highest BCUT2D eigenvalue weighted by Crippen LogP contribution is 2.29. The summed E-state index contributed by atoms with van der Waals surface area (Å²) in [7, 11) is 0. The minimum Gasteiger partial charge on any atom is -0.352 e. The van der Waals surface area contributed by atoms with Gasteiger partial charge in [-0.3, -0.25) is 4.79 Å². The SMILES string of the molecule is CCSC1CCC(NC(=O)[C@@H]2CCCN2)C1. The molecule has 0 spiro atoms. The van der Waals surface area contributed by atoms with Crippen LogP contribution in [0, 0.1) is 0 Å². The number of hydrogen-bond acceptors (Lipinski definition) is 3. The van der Waals surface area contributed by atoms with Gasteiger partial charge in [-0.1, -0.05) is 6.92 Å². The van der Waals surface area contributed by atoms with Crippen molar-refractivity contribution in [1.29, 1.82) is 0 Å². The third-order valence-electron chi connectivity index (χ3n) is 3.51. The monoisotopic (exact) mass is 242 g/mol. The van der Waals surface area contributed by atoms with Gasteiger partial charge in [0.25, 0.3) is 0 Å². The van der Waals surface area contributed by atoms with Gasteiger partial charge in [0.2, 0.25) is 5.91 Å². The van der Waals surface area contributed by atoms with Gasteiger partial charge in [0.1, 0.15) is 0 Å². The standard InChI is InChI=1S/C12H22N2OS/c1-2-16-10-6-5-9(8-10)14-12(15)11-4-3-7-13-11/h9-11,13H,2-8H2,1H3,(H,14,15)/t9?,10?,11-/m0/s1. The highest BCUT2D eigenvalue weighted by molar-refractivity contribution is 7.99. The predicted molar refractivity (Wildman–Crippen MR) is 68.7 cm³/mol. The molecule has 0 aromatic rings. The fraction of sp³-hybridized carbons (Fsp3) is 0.917. The highest BCUT2D eigenvalue weighted by atomic mass is 32.2. The Morgan fingerprint density at radius 2 is 2.31 bits per heavy atom. The zero-order chi connectivity index (χ0) is 11.4. The summed E-state index contributed by atoms with van der Waals surface area (Å²) in [5, 5.41) is 7.21. The average molecular weight is 242 g/mol. The van der Waals surface area contributed by atoms with Crippen LogP contribution in [0.3, 0.4) is 0 Å². The lowest BCUT2D eigenvalue weighted by molar-refractivity contribution is -0.123. The van der Waals surface area contributed by atoms with E-state index in [1.165, 1.54) is 12.2 Å². The van der Waals surface area contributed by atoms with Crippen LogP contribution < -0.4 is 10.6 Å². The summed E-state index contributed by atoms with van der Waals surface area (Å²) in [5.74, 6) is 1.42. The molecule has 1 saturated carbocycles. The second-order valence-corrected chi connectivity index (χ2v) is 6.32. The summed E-state index contributed by atoms with van der Waals surface area (Å²) in [4.78, 5) is 11.9. The van der Waals surface area contributed by atoms with Gasteiger partial charge in [0.05, 0.1) is 6.04 Å². The number of nitrogens with one attached hydrogen (secondary N) is 2. The number of rotatable bonds is 4. The van der Waals surface area contributed by atoms with Crippen LogP contribution in [0.25, 0.3) is 0 Å². The number of amides is 1. The van der Waals surface area contributed by atoms with E-state index >= 15 is 0 Å². The van der Waals surface area contributed by atoms with Crippen LogP contribution in [0.5, 0.6) is 0 Å². The molecule has 0 aromatic carbocycles. The molecule has 2 aliphatic rings. The molecule has 1 aliphatic heterocycles. The highest BCUT2D eigenvalue weighted by Gasteiger charge is 2.29. The molecule has 2 fully saturated rings. The Morgan fingerprint density at radius 3 is 3.00 bits per heavy atom. The Balaban J connectivity index is 1.71. The predicted octanol–water partition coefficient (Wildman–Crippen LogP) is 1.53. The summed E-state index contributed by atoms with van der Waals surface area (Å²) >= 11 is 2.04. The summed E-state index contributed by atoms with van der Waals surface area (Å²) < 4.78 is 0. The van der Waals surface area contributed by atoms with E-state index in [1.54, 1.807) is 0 Å². The maximum atomic E-state index is 11.9. The van der Waals surface area contributed by atoms with Crippen LogP contribution in [0.1, 0.15) is 39.0 Å². The molecular weight excluding hydrogens is 220 g/mol. The van der Waals surface area contributed by atoms with Crippen LogP contribution in [0.2, 0.25) is 0 Å². The Morgan fingerprint density at radius 1 is 1.44 bits per heavy atom. The molecule has 92 valence electrons. The van der Waals surface area contributed by atoms with E-state index in [0.29, 0.717) is 6.04 Å². The zero-order valence-corrected chi connectivity index (χ0v) is 10.8. The molecule has 1 saturated heterocycles. The molecule has 1 amide bonds. The van der Waals surface area contributed by atoms with Crippen LogP contribution in [0.15, 0.2) is 0 Å². The summed E-state index contributed by atoms with van der Waals surface area (Å²) in [5.41, 5.74) is 0. The van der Waals surface area contributed by atoms with E-state index in [9.17, 15) is 4.79 Å². The van der Waals surface area contributed by atoms with Crippen molar-refractivity contribution in [2.75, 3.05) is 12.3 Å². The Bertz CT molecular complexity index is 241. The molecule has 3 nitrogen and oxygen atoms in total. The number of hydrogen-bond donors (Lipinski definition) is 2. The quantitative estimate of drug-likeness (QED) is 0.785. The molecule has 16 heavy (non-hydrogen) atoms. The van der Waals surface area contributed by atoms with Gasteiger partial charge in [0, 0.05) is 11.3 Å². The van der Waals surface area contributed by atoms with Crippen LogP contribution in [-0.2, 0) is 4.79 Å². The Labute approximate surface area is 102 Å². The second kappa shape index (κ2) is 5.92. The van der Waals surface area contributed by atoms with Crippen molar-refractivity contribution in [3.8, 4) is 0 Å². The number of thioether (sulfide) groups is 1. The lowest BCUT2D eigenvalue weighted by Gasteiger charge is -2.16. The van der Waals surface area contributed by atoms with E-state index in [4.69, 9.17) is 0 Å². The number of carbonyl (C=O) groups is 1. The maximum Gasteiger partial charge on any atom is 0.237 e. The molecule has 3 atom stereocenters. The van der Waals surface area contributed by atoms with Gasteiger partial charge >= 0.3 is 0 Å². The third kappa shape index (κ3) is 3.14. The maximum absolute atomic E-state index is 11.9. The second-order valence-electron chi connectivity index (χ2n) is 4.74. The van der Waals surface area contributed by atoms with Crippen molar-refractivity contribution < 1.29 is 4.79 Å². The normalized spacial score (nSPS) is 34.2. The van der Waals surface area contributed by atoms with Crippen molar-refractivity contribution in [3.05, 3.63) is 0 Å². The van der Waals surface area contributed by atoms with Crippen LogP contribution in [-0.4, -0.2) is 35.5 Å². The first kappa shape index (κ1) is 12.2. The van der Waals surface area contributed by atoms with Gasteiger partial charge in [-0.2, -0.15) is 11.8 Å². The zero-order valence-electron chi connectivity index (χ0n) is 10.00. The minimum atomic E-state index is 0.0814. The third-order valence-corrected chi connectivity index (χ3v) is 4.74. The molecule has 0 radical (unpaired) electrons. The molecule has 0 bridgehead atoms. The van der Waals surface area contributed by atoms with Crippen molar-refractivity contribution in [3.63, 3.8) is 0 Å². The minimum absolute atomic E-state index is 0.0814. The molecule has 4 heteroatoms. The topological polar surface area (TPSA) is 41.1 Å². The van der Waals surface area contributed by atoms with Crippen molar-refractivity contribution in [1.82, 2.24) is 10.6 Å². The molecule has 2 rings (SSSR count). The molecule has 1 aliphatic carbocycles. The van der Waals surface area contributed by atoms with Crippen molar-refractivity contribution in [2.45, 2.75) is 56.4 Å². The van der Waals surface area contributed by atoms with Gasteiger partial charge in [-0.25, -0.2) is 0 Å². The Hall–Kier alpha value is -0.220. The first-order valence-electron chi connectivity index (χ1n) is 6.45. The van der Waals surface area contributed by atoms with Crippen LogP contribution >= 0.6 is 11.8 Å². The van der Waals surface area contributed by atoms with Gasteiger partial charge in [0.15, 0.2) is 0 Å². The summed E-state index contributed by atoms with van der Waals surface area (Å²) in [6.45, 7) is 3.20. The van der Waals surface area contributed by atoms with E-state index < -0.39 is 0 Å². The fourth-order valence-electron chi connectivity index (χ4n) is 2.67. The smallest absolute Gasteiger partial charge is 0.237 e. The number of carbonyl (C=O) groups excluding carboxylic acids is 1. The van der Waals surface area contributed by atoms with E-state index in [1.807, 2.05) is 11.8 Å². The first-order chi connectivity index (χ1) is 7.79. The lowest BCUT2D eigenvalue weighted by Crippen LogP contribution is -2.44. The lowest BCUT2D eigenvalue weighted by atomic mass is 10.2. The summed E-state index contributed by atoms with van der Waals surface area (Å²) in [6, 6.07) is 0.511. The Kier molecular flexibility index (Phi) is 4.53. The van der Waals surface area contributed by atoms with E-state index in [2.05, 4.69) is 17.6 Å². The summed E-state index contributed by atoms with van der Waals surface area (Å²) in [6.07, 6.45) is 5.73.